The lowest BCUT2D eigenvalue weighted by Gasteiger charge is -2.26. The zero-order chi connectivity index (χ0) is 17.1. The average Bonchev–Trinajstić information content (AvgIpc) is 3.34. The van der Waals surface area contributed by atoms with Crippen LogP contribution < -0.4 is 0 Å². The molecular weight excluding hydrogens is 286 g/mol. The third-order valence-corrected chi connectivity index (χ3v) is 4.06. The molecular formula is C20H33NO2. The number of allylic oxidation sites excluding steroid dienone is 5. The van der Waals surface area contributed by atoms with Gasteiger partial charge >= 0.3 is 0 Å². The van der Waals surface area contributed by atoms with Crippen LogP contribution in [0.2, 0.25) is 0 Å². The van der Waals surface area contributed by atoms with Gasteiger partial charge in [0.1, 0.15) is 0 Å². The van der Waals surface area contributed by atoms with Crippen LogP contribution in [0.15, 0.2) is 36.0 Å². The van der Waals surface area contributed by atoms with Crippen molar-refractivity contribution < 1.29 is 9.90 Å². The maximum atomic E-state index is 12.3. The number of carbonyl (C=O) groups excluding carboxylic acids is 1. The summed E-state index contributed by atoms with van der Waals surface area (Å²) in [5, 5.41) is 7.57. The summed E-state index contributed by atoms with van der Waals surface area (Å²) in [6, 6.07) is 0. The summed E-state index contributed by atoms with van der Waals surface area (Å²) < 4.78 is 0. The van der Waals surface area contributed by atoms with Crippen molar-refractivity contribution in [2.24, 2.45) is 11.8 Å². The number of hydrogen-bond acceptors (Lipinski definition) is 2. The van der Waals surface area contributed by atoms with Gasteiger partial charge in [0, 0.05) is 26.1 Å². The SMILES string of the molecule is CCCC(=O)N(CC1CC1)CC(C)C1=CC=CCC=C1.CCO. The summed E-state index contributed by atoms with van der Waals surface area (Å²) in [5.41, 5.74) is 1.34. The standard InChI is InChI=1S/C18H27NO.C2H6O/c1-3-8-18(20)19(14-16-11-12-16)13-15(2)17-9-6-4-5-7-10-17;1-2-3/h4,6-7,9-10,15-16H,3,5,8,11-14H2,1-2H3;3H,2H2,1H3. The quantitative estimate of drug-likeness (QED) is 0.767. The summed E-state index contributed by atoms with van der Waals surface area (Å²) in [7, 11) is 0. The number of carbonyl (C=O) groups is 1. The van der Waals surface area contributed by atoms with Crippen LogP contribution in [-0.2, 0) is 4.79 Å². The van der Waals surface area contributed by atoms with Crippen molar-refractivity contribution in [3.8, 4) is 0 Å². The van der Waals surface area contributed by atoms with Gasteiger partial charge in [0.15, 0.2) is 0 Å². The van der Waals surface area contributed by atoms with Gasteiger partial charge in [-0.3, -0.25) is 4.79 Å². The van der Waals surface area contributed by atoms with Crippen LogP contribution in [0.3, 0.4) is 0 Å². The molecule has 0 aromatic rings. The van der Waals surface area contributed by atoms with E-state index in [0.29, 0.717) is 18.2 Å². The molecule has 2 aliphatic carbocycles. The Morgan fingerprint density at radius 2 is 2.04 bits per heavy atom. The number of aliphatic hydroxyl groups is 1. The van der Waals surface area contributed by atoms with E-state index in [1.54, 1.807) is 6.92 Å². The average molecular weight is 319 g/mol. The second kappa shape index (κ2) is 11.2. The van der Waals surface area contributed by atoms with Gasteiger partial charge in [-0.05, 0) is 50.0 Å². The molecule has 2 rings (SSSR count). The molecule has 0 saturated heterocycles. The lowest BCUT2D eigenvalue weighted by atomic mass is 9.99. The molecule has 0 aromatic heterocycles. The zero-order valence-corrected chi connectivity index (χ0v) is 15.0. The molecule has 3 nitrogen and oxygen atoms in total. The van der Waals surface area contributed by atoms with Crippen LogP contribution in [-0.4, -0.2) is 35.6 Å². The van der Waals surface area contributed by atoms with E-state index in [0.717, 1.165) is 31.8 Å². The predicted molar refractivity (Wildman–Crippen MR) is 97.1 cm³/mol. The summed E-state index contributed by atoms with van der Waals surface area (Å²) in [5.74, 6) is 1.51. The van der Waals surface area contributed by atoms with Crippen LogP contribution >= 0.6 is 0 Å². The topological polar surface area (TPSA) is 40.5 Å². The molecule has 0 heterocycles. The van der Waals surface area contributed by atoms with Gasteiger partial charge in [0.2, 0.25) is 5.91 Å². The highest BCUT2D eigenvalue weighted by atomic mass is 16.2. The van der Waals surface area contributed by atoms with E-state index in [-0.39, 0.29) is 6.61 Å². The molecule has 0 aromatic carbocycles. The Bertz CT molecular complexity index is 433. The minimum absolute atomic E-state index is 0.250. The van der Waals surface area contributed by atoms with Crippen molar-refractivity contribution in [1.82, 2.24) is 4.90 Å². The Kier molecular flexibility index (Phi) is 9.61. The van der Waals surface area contributed by atoms with Crippen molar-refractivity contribution in [2.45, 2.75) is 52.9 Å². The van der Waals surface area contributed by atoms with E-state index in [2.05, 4.69) is 49.1 Å². The largest absolute Gasteiger partial charge is 0.397 e. The monoisotopic (exact) mass is 319 g/mol. The summed E-state index contributed by atoms with van der Waals surface area (Å²) >= 11 is 0. The van der Waals surface area contributed by atoms with E-state index in [4.69, 9.17) is 5.11 Å². The molecule has 0 aliphatic heterocycles. The Balaban J connectivity index is 0.000000816. The Morgan fingerprint density at radius 1 is 1.35 bits per heavy atom. The van der Waals surface area contributed by atoms with Crippen LogP contribution in [0.1, 0.15) is 52.9 Å². The highest BCUT2D eigenvalue weighted by Crippen LogP contribution is 2.30. The van der Waals surface area contributed by atoms with Crippen molar-refractivity contribution in [2.75, 3.05) is 19.7 Å². The van der Waals surface area contributed by atoms with Crippen LogP contribution in [0.4, 0.5) is 0 Å². The fourth-order valence-electron chi connectivity index (χ4n) is 2.62. The molecule has 130 valence electrons. The van der Waals surface area contributed by atoms with Crippen LogP contribution in [0.5, 0.6) is 0 Å². The summed E-state index contributed by atoms with van der Waals surface area (Å²) in [6.45, 7) is 8.07. The minimum Gasteiger partial charge on any atom is -0.397 e. The zero-order valence-electron chi connectivity index (χ0n) is 15.0. The number of amides is 1. The molecule has 0 radical (unpaired) electrons. The number of aliphatic hydroxyl groups excluding tert-OH is 1. The summed E-state index contributed by atoms with van der Waals surface area (Å²) in [6.07, 6.45) is 16.1. The maximum Gasteiger partial charge on any atom is 0.222 e. The first-order chi connectivity index (χ1) is 11.1. The molecule has 0 spiro atoms. The van der Waals surface area contributed by atoms with Crippen molar-refractivity contribution in [3.63, 3.8) is 0 Å². The van der Waals surface area contributed by atoms with E-state index in [9.17, 15) is 4.79 Å². The first kappa shape index (κ1) is 19.7. The Labute approximate surface area is 141 Å². The molecule has 23 heavy (non-hydrogen) atoms. The molecule has 1 amide bonds. The smallest absolute Gasteiger partial charge is 0.222 e. The van der Waals surface area contributed by atoms with Gasteiger partial charge < -0.3 is 10.0 Å². The van der Waals surface area contributed by atoms with Crippen LogP contribution in [0, 0.1) is 11.8 Å². The molecule has 1 unspecified atom stereocenters. The van der Waals surface area contributed by atoms with Gasteiger partial charge in [0.05, 0.1) is 0 Å². The van der Waals surface area contributed by atoms with Gasteiger partial charge in [-0.2, -0.15) is 0 Å². The molecule has 2 aliphatic rings. The summed E-state index contributed by atoms with van der Waals surface area (Å²) in [4.78, 5) is 14.4. The number of hydrogen-bond donors (Lipinski definition) is 1. The van der Waals surface area contributed by atoms with E-state index >= 15 is 0 Å². The molecule has 1 saturated carbocycles. The minimum atomic E-state index is 0.250. The van der Waals surface area contributed by atoms with Crippen LogP contribution in [0.25, 0.3) is 0 Å². The van der Waals surface area contributed by atoms with Crippen molar-refractivity contribution >= 4 is 5.91 Å². The van der Waals surface area contributed by atoms with Gasteiger partial charge in [-0.1, -0.05) is 44.2 Å². The molecule has 3 heteroatoms. The molecule has 0 bridgehead atoms. The molecule has 1 atom stereocenters. The third kappa shape index (κ3) is 8.17. The van der Waals surface area contributed by atoms with Gasteiger partial charge in [0.25, 0.3) is 0 Å². The van der Waals surface area contributed by atoms with Crippen molar-refractivity contribution in [1.29, 1.82) is 0 Å². The maximum absolute atomic E-state index is 12.3. The fraction of sp³-hybridized carbons (Fsp3) is 0.650. The lowest BCUT2D eigenvalue weighted by molar-refractivity contribution is -0.131. The normalized spacial score (nSPS) is 17.7. The molecule has 1 N–H and O–H groups in total. The fourth-order valence-corrected chi connectivity index (χ4v) is 2.62. The second-order valence-electron chi connectivity index (χ2n) is 6.44. The number of nitrogens with zero attached hydrogens (tertiary/aromatic N) is 1. The van der Waals surface area contributed by atoms with Gasteiger partial charge in [-0.15, -0.1) is 0 Å². The first-order valence-electron chi connectivity index (χ1n) is 9.04. The molecule has 1 fully saturated rings. The van der Waals surface area contributed by atoms with E-state index in [1.165, 1.54) is 18.4 Å². The highest BCUT2D eigenvalue weighted by Gasteiger charge is 2.27. The van der Waals surface area contributed by atoms with E-state index < -0.39 is 0 Å². The third-order valence-electron chi connectivity index (χ3n) is 4.06. The van der Waals surface area contributed by atoms with Gasteiger partial charge in [-0.25, -0.2) is 0 Å². The second-order valence-corrected chi connectivity index (χ2v) is 6.44. The first-order valence-corrected chi connectivity index (χ1v) is 9.04. The van der Waals surface area contributed by atoms with Crippen molar-refractivity contribution in [3.05, 3.63) is 36.0 Å². The lowest BCUT2D eigenvalue weighted by Crippen LogP contribution is -2.36. The number of rotatable bonds is 7. The Morgan fingerprint density at radius 3 is 2.65 bits per heavy atom. The Hall–Kier alpha value is -1.35. The predicted octanol–water partition coefficient (Wildman–Crippen LogP) is 4.10. The highest BCUT2D eigenvalue weighted by molar-refractivity contribution is 5.76. The van der Waals surface area contributed by atoms with E-state index in [1.807, 2.05) is 0 Å².